The largest absolute Gasteiger partial charge is 0.120 e. The van der Waals surface area contributed by atoms with Crippen molar-refractivity contribution in [2.45, 2.75) is 20.8 Å². The second-order valence-electron chi connectivity index (χ2n) is 4.82. The Morgan fingerprint density at radius 2 is 1.47 bits per heavy atom. The molecule has 0 aliphatic carbocycles. The summed E-state index contributed by atoms with van der Waals surface area (Å²) >= 11 is 3.43. The van der Waals surface area contributed by atoms with Gasteiger partial charge in [0.2, 0.25) is 0 Å². The summed E-state index contributed by atoms with van der Waals surface area (Å²) in [5, 5.41) is 0. The van der Waals surface area contributed by atoms with Crippen molar-refractivity contribution < 1.29 is 0 Å². The number of hydrogen-bond donors (Lipinski definition) is 0. The Kier molecular flexibility index (Phi) is 4.42. The molecule has 96 valence electrons. The third kappa shape index (κ3) is 3.70. The van der Waals surface area contributed by atoms with Crippen LogP contribution in [-0.4, -0.2) is 0 Å². The molecule has 0 saturated carbocycles. The normalized spacial score (nSPS) is 9.89. The van der Waals surface area contributed by atoms with E-state index in [4.69, 9.17) is 0 Å². The van der Waals surface area contributed by atoms with Crippen LogP contribution in [0.1, 0.15) is 27.8 Å². The topological polar surface area (TPSA) is 0 Å². The van der Waals surface area contributed by atoms with E-state index in [0.717, 1.165) is 10.0 Å². The monoisotopic (exact) mass is 312 g/mol. The van der Waals surface area contributed by atoms with Crippen LogP contribution < -0.4 is 0 Å². The quantitative estimate of drug-likeness (QED) is 0.624. The van der Waals surface area contributed by atoms with Gasteiger partial charge in [0.1, 0.15) is 0 Å². The summed E-state index contributed by atoms with van der Waals surface area (Å²) in [6.07, 6.45) is 4.07. The van der Waals surface area contributed by atoms with Crippen LogP contribution in [0.15, 0.2) is 46.6 Å². The van der Waals surface area contributed by atoms with Crippen molar-refractivity contribution in [3.05, 3.63) is 74.4 Å². The number of aryl methyl sites for hydroxylation is 3. The zero-order chi connectivity index (χ0) is 13.8. The van der Waals surface area contributed by atoms with E-state index in [1.165, 1.54) is 22.3 Å². The highest BCUT2D eigenvalue weighted by atomic mass is 79.9. The SMILES string of the molecule is Cc1cc(C)c(C=C=Cc2ccc(Br)cc2)c(C)c1. The first-order valence-corrected chi connectivity index (χ1v) is 7.11. The molecule has 0 saturated heterocycles. The lowest BCUT2D eigenvalue weighted by Gasteiger charge is -2.05. The Morgan fingerprint density at radius 3 is 2.05 bits per heavy atom. The molecule has 0 nitrogen and oxygen atoms in total. The van der Waals surface area contributed by atoms with E-state index in [9.17, 15) is 0 Å². The summed E-state index contributed by atoms with van der Waals surface area (Å²) in [7, 11) is 0. The second-order valence-corrected chi connectivity index (χ2v) is 5.73. The molecule has 2 aromatic carbocycles. The van der Waals surface area contributed by atoms with E-state index in [0.29, 0.717) is 0 Å². The Balaban J connectivity index is 2.30. The van der Waals surface area contributed by atoms with Crippen LogP contribution in [0.3, 0.4) is 0 Å². The minimum atomic E-state index is 1.10. The summed E-state index contributed by atoms with van der Waals surface area (Å²) < 4.78 is 1.10. The molecule has 0 N–H and O–H groups in total. The molecule has 0 aliphatic rings. The molecular weight excluding hydrogens is 296 g/mol. The van der Waals surface area contributed by atoms with E-state index in [1.54, 1.807) is 0 Å². The van der Waals surface area contributed by atoms with Crippen LogP contribution in [0.2, 0.25) is 0 Å². The second kappa shape index (κ2) is 6.06. The van der Waals surface area contributed by atoms with Gasteiger partial charge >= 0.3 is 0 Å². The highest BCUT2D eigenvalue weighted by molar-refractivity contribution is 9.10. The number of benzene rings is 2. The van der Waals surface area contributed by atoms with Crippen LogP contribution >= 0.6 is 15.9 Å². The maximum Gasteiger partial charge on any atom is 0.0175 e. The molecule has 0 amide bonds. The highest BCUT2D eigenvalue weighted by Gasteiger charge is 1.99. The van der Waals surface area contributed by atoms with Crippen molar-refractivity contribution in [3.63, 3.8) is 0 Å². The van der Waals surface area contributed by atoms with Crippen molar-refractivity contribution in [2.75, 3.05) is 0 Å². The van der Waals surface area contributed by atoms with Crippen molar-refractivity contribution in [3.8, 4) is 0 Å². The average molecular weight is 313 g/mol. The zero-order valence-electron chi connectivity index (χ0n) is 11.5. The zero-order valence-corrected chi connectivity index (χ0v) is 13.1. The van der Waals surface area contributed by atoms with Crippen molar-refractivity contribution in [2.24, 2.45) is 0 Å². The van der Waals surface area contributed by atoms with Gasteiger partial charge in [-0.1, -0.05) is 45.8 Å². The maximum atomic E-state index is 3.43. The van der Waals surface area contributed by atoms with Gasteiger partial charge in [0.15, 0.2) is 0 Å². The number of halogens is 1. The summed E-state index contributed by atoms with van der Waals surface area (Å²) in [5.41, 5.74) is 9.60. The molecule has 1 heteroatoms. The molecule has 0 aromatic heterocycles. The summed E-state index contributed by atoms with van der Waals surface area (Å²) in [4.78, 5) is 0. The molecule has 0 spiro atoms. The van der Waals surface area contributed by atoms with E-state index in [2.05, 4.69) is 72.8 Å². The lowest BCUT2D eigenvalue weighted by atomic mass is 10.00. The van der Waals surface area contributed by atoms with Gasteiger partial charge < -0.3 is 0 Å². The van der Waals surface area contributed by atoms with Crippen molar-refractivity contribution >= 4 is 28.1 Å². The fraction of sp³-hybridized carbons (Fsp3) is 0.167. The number of rotatable bonds is 2. The van der Waals surface area contributed by atoms with Crippen LogP contribution in [0.5, 0.6) is 0 Å². The molecule has 0 radical (unpaired) electrons. The molecular formula is C18H17Br. The lowest BCUT2D eigenvalue weighted by Crippen LogP contribution is -1.87. The van der Waals surface area contributed by atoms with E-state index >= 15 is 0 Å². The van der Waals surface area contributed by atoms with Crippen LogP contribution in [0, 0.1) is 20.8 Å². The minimum Gasteiger partial charge on any atom is -0.120 e. The van der Waals surface area contributed by atoms with Gasteiger partial charge in [0.05, 0.1) is 0 Å². The molecule has 2 aromatic rings. The predicted molar refractivity (Wildman–Crippen MR) is 87.2 cm³/mol. The minimum absolute atomic E-state index is 1.10. The van der Waals surface area contributed by atoms with Gasteiger partial charge in [-0.3, -0.25) is 0 Å². The molecule has 19 heavy (non-hydrogen) atoms. The van der Waals surface area contributed by atoms with Crippen LogP contribution in [0.25, 0.3) is 12.2 Å². The highest BCUT2D eigenvalue weighted by Crippen LogP contribution is 2.17. The third-order valence-corrected chi connectivity index (χ3v) is 3.61. The van der Waals surface area contributed by atoms with Gasteiger partial charge in [0.25, 0.3) is 0 Å². The average Bonchev–Trinajstić information content (AvgIpc) is 2.34. The van der Waals surface area contributed by atoms with Gasteiger partial charge in [-0.05, 0) is 67.3 Å². The number of hydrogen-bond acceptors (Lipinski definition) is 0. The molecule has 0 bridgehead atoms. The third-order valence-electron chi connectivity index (χ3n) is 3.09. The van der Waals surface area contributed by atoms with E-state index in [1.807, 2.05) is 18.2 Å². The van der Waals surface area contributed by atoms with Crippen molar-refractivity contribution in [1.82, 2.24) is 0 Å². The summed E-state index contributed by atoms with van der Waals surface area (Å²) in [6.45, 7) is 6.42. The lowest BCUT2D eigenvalue weighted by molar-refractivity contribution is 1.30. The predicted octanol–water partition coefficient (Wildman–Crippen LogP) is 5.70. The molecule has 0 fully saturated rings. The fourth-order valence-electron chi connectivity index (χ4n) is 2.20. The van der Waals surface area contributed by atoms with Gasteiger partial charge in [-0.25, -0.2) is 0 Å². The maximum absolute atomic E-state index is 3.43. The Hall–Kier alpha value is -1.56. The first-order valence-electron chi connectivity index (χ1n) is 6.32. The first-order chi connectivity index (χ1) is 9.06. The van der Waals surface area contributed by atoms with Gasteiger partial charge in [-0.15, -0.1) is 5.73 Å². The molecule has 0 aliphatic heterocycles. The molecule has 0 atom stereocenters. The van der Waals surface area contributed by atoms with Gasteiger partial charge in [-0.2, -0.15) is 0 Å². The molecule has 0 heterocycles. The van der Waals surface area contributed by atoms with E-state index < -0.39 is 0 Å². The molecule has 0 unspecified atom stereocenters. The first kappa shape index (κ1) is 13.9. The van der Waals surface area contributed by atoms with Crippen molar-refractivity contribution in [1.29, 1.82) is 0 Å². The van der Waals surface area contributed by atoms with Crippen LogP contribution in [0.4, 0.5) is 0 Å². The molecule has 2 rings (SSSR count). The fourth-order valence-corrected chi connectivity index (χ4v) is 2.46. The van der Waals surface area contributed by atoms with Crippen LogP contribution in [-0.2, 0) is 0 Å². The standard InChI is InChI=1S/C18H17Br/c1-13-11-14(2)18(15(3)12-13)6-4-5-16-7-9-17(19)10-8-16/h5-12H,1-3H3. The Labute approximate surface area is 123 Å². The smallest absolute Gasteiger partial charge is 0.0175 e. The summed E-state index contributed by atoms with van der Waals surface area (Å²) in [5.74, 6) is 0. The Morgan fingerprint density at radius 1 is 0.895 bits per heavy atom. The Bertz CT molecular complexity index is 619. The van der Waals surface area contributed by atoms with Gasteiger partial charge in [0, 0.05) is 4.47 Å². The summed E-state index contributed by atoms with van der Waals surface area (Å²) in [6, 6.07) is 12.6. The van der Waals surface area contributed by atoms with E-state index in [-0.39, 0.29) is 0 Å².